The van der Waals surface area contributed by atoms with Crippen LogP contribution < -0.4 is 0 Å². The van der Waals surface area contributed by atoms with Crippen LogP contribution in [0.3, 0.4) is 0 Å². The summed E-state index contributed by atoms with van der Waals surface area (Å²) in [5.41, 5.74) is 0. The Bertz CT molecular complexity index is 584. The molecular formula is C10H12N2O5S. The molecule has 1 unspecified atom stereocenters. The van der Waals surface area contributed by atoms with E-state index in [0.717, 1.165) is 16.4 Å². The average molecular weight is 272 g/mol. The first-order valence-electron chi connectivity index (χ1n) is 4.98. The van der Waals surface area contributed by atoms with E-state index in [1.54, 1.807) is 6.92 Å². The topological polar surface area (TPSA) is 112 Å². The fourth-order valence-corrected chi connectivity index (χ4v) is 2.41. The minimum absolute atomic E-state index is 0.00192. The molecule has 1 N–H and O–H groups in total. The zero-order valence-electron chi connectivity index (χ0n) is 9.82. The fraction of sp³-hybridized carbons (Fsp3) is 0.400. The number of sulfonamides is 1. The lowest BCUT2D eigenvalue weighted by atomic mass is 10.2. The second kappa shape index (κ2) is 5.20. The molecule has 0 saturated carbocycles. The number of rotatable bonds is 5. The van der Waals surface area contributed by atoms with Crippen molar-refractivity contribution in [2.45, 2.75) is 12.0 Å². The molecule has 1 heterocycles. The molecule has 1 aromatic heterocycles. The highest BCUT2D eigenvalue weighted by Crippen LogP contribution is 2.18. The van der Waals surface area contributed by atoms with Gasteiger partial charge in [-0.3, -0.25) is 0 Å². The van der Waals surface area contributed by atoms with Crippen molar-refractivity contribution in [1.29, 1.82) is 5.26 Å². The number of furan rings is 1. The van der Waals surface area contributed by atoms with Gasteiger partial charge in [-0.2, -0.15) is 9.57 Å². The van der Waals surface area contributed by atoms with E-state index in [2.05, 4.69) is 0 Å². The number of hydrogen-bond acceptors (Lipinski definition) is 5. The van der Waals surface area contributed by atoms with Crippen LogP contribution in [0.2, 0.25) is 0 Å². The minimum Gasteiger partial charge on any atom is -0.475 e. The molecule has 0 radical (unpaired) electrons. The van der Waals surface area contributed by atoms with E-state index in [1.165, 1.54) is 7.05 Å². The first-order valence-corrected chi connectivity index (χ1v) is 6.42. The predicted molar refractivity (Wildman–Crippen MR) is 60.3 cm³/mol. The molecule has 8 heteroatoms. The number of nitrogens with zero attached hydrogens (tertiary/aromatic N) is 2. The molecule has 18 heavy (non-hydrogen) atoms. The van der Waals surface area contributed by atoms with Crippen molar-refractivity contribution in [3.8, 4) is 6.07 Å². The molecule has 0 spiro atoms. The summed E-state index contributed by atoms with van der Waals surface area (Å²) >= 11 is 0. The van der Waals surface area contributed by atoms with Crippen molar-refractivity contribution in [3.05, 3.63) is 17.9 Å². The number of hydrogen-bond donors (Lipinski definition) is 1. The second-order valence-electron chi connectivity index (χ2n) is 3.74. The van der Waals surface area contributed by atoms with E-state index in [9.17, 15) is 13.2 Å². The lowest BCUT2D eigenvalue weighted by Gasteiger charge is -2.16. The summed E-state index contributed by atoms with van der Waals surface area (Å²) in [6.45, 7) is 1.58. The molecule has 0 amide bonds. The van der Waals surface area contributed by atoms with Crippen LogP contribution >= 0.6 is 0 Å². The number of carboxylic acid groups (broad SMARTS) is 1. The third-order valence-corrected chi connectivity index (χ3v) is 3.91. The Balaban J connectivity index is 2.99. The number of carbonyl (C=O) groups is 1. The van der Waals surface area contributed by atoms with Crippen LogP contribution in [0.5, 0.6) is 0 Å². The maximum absolute atomic E-state index is 11.9. The normalized spacial score (nSPS) is 13.2. The van der Waals surface area contributed by atoms with Crippen molar-refractivity contribution in [1.82, 2.24) is 4.31 Å². The molecule has 0 bridgehead atoms. The Labute approximate surface area is 104 Å². The number of carboxylic acids is 1. The maximum Gasteiger partial charge on any atom is 0.371 e. The smallest absolute Gasteiger partial charge is 0.371 e. The minimum atomic E-state index is -3.90. The second-order valence-corrected chi connectivity index (χ2v) is 5.72. The van der Waals surface area contributed by atoms with Crippen LogP contribution in [-0.2, 0) is 10.0 Å². The van der Waals surface area contributed by atoms with Gasteiger partial charge in [-0.05, 0) is 19.1 Å². The maximum atomic E-state index is 11.9. The van der Waals surface area contributed by atoms with Gasteiger partial charge in [0.2, 0.25) is 10.9 Å². The van der Waals surface area contributed by atoms with Crippen molar-refractivity contribution >= 4 is 16.0 Å². The van der Waals surface area contributed by atoms with Crippen molar-refractivity contribution in [2.24, 2.45) is 5.92 Å². The summed E-state index contributed by atoms with van der Waals surface area (Å²) in [7, 11) is -2.61. The molecule has 0 aromatic carbocycles. The largest absolute Gasteiger partial charge is 0.475 e. The average Bonchev–Trinajstić information content (AvgIpc) is 2.78. The van der Waals surface area contributed by atoms with Gasteiger partial charge in [-0.25, -0.2) is 13.2 Å². The van der Waals surface area contributed by atoms with E-state index < -0.39 is 32.8 Å². The van der Waals surface area contributed by atoms with Gasteiger partial charge in [0.1, 0.15) is 0 Å². The highest BCUT2D eigenvalue weighted by Gasteiger charge is 2.26. The SMILES string of the molecule is CC(C#N)CN(C)S(=O)(=O)c1ccc(C(=O)O)o1. The summed E-state index contributed by atoms with van der Waals surface area (Å²) in [4.78, 5) is 10.6. The van der Waals surface area contributed by atoms with Gasteiger partial charge in [0.25, 0.3) is 10.0 Å². The van der Waals surface area contributed by atoms with Gasteiger partial charge >= 0.3 is 5.97 Å². The summed E-state index contributed by atoms with van der Waals surface area (Å²) in [5, 5.41) is 16.8. The summed E-state index contributed by atoms with van der Waals surface area (Å²) in [6, 6.07) is 4.05. The first-order chi connectivity index (χ1) is 8.28. The lowest BCUT2D eigenvalue weighted by Crippen LogP contribution is -2.30. The monoisotopic (exact) mass is 272 g/mol. The highest BCUT2D eigenvalue weighted by atomic mass is 32.2. The van der Waals surface area contributed by atoms with Crippen molar-refractivity contribution < 1.29 is 22.7 Å². The molecule has 7 nitrogen and oxygen atoms in total. The molecule has 98 valence electrons. The summed E-state index contributed by atoms with van der Waals surface area (Å²) in [6.07, 6.45) is 0. The van der Waals surface area contributed by atoms with E-state index in [0.29, 0.717) is 0 Å². The zero-order valence-corrected chi connectivity index (χ0v) is 10.6. The van der Waals surface area contributed by atoms with E-state index in [-0.39, 0.29) is 6.54 Å². The van der Waals surface area contributed by atoms with Crippen molar-refractivity contribution in [2.75, 3.05) is 13.6 Å². The predicted octanol–water partition coefficient (Wildman–Crippen LogP) is 0.758. The van der Waals surface area contributed by atoms with Gasteiger partial charge in [-0.15, -0.1) is 0 Å². The summed E-state index contributed by atoms with van der Waals surface area (Å²) < 4.78 is 29.6. The van der Waals surface area contributed by atoms with Gasteiger partial charge in [0, 0.05) is 13.6 Å². The van der Waals surface area contributed by atoms with Crippen molar-refractivity contribution in [3.63, 3.8) is 0 Å². The van der Waals surface area contributed by atoms with Gasteiger partial charge in [-0.1, -0.05) is 0 Å². The third kappa shape index (κ3) is 2.88. The Morgan fingerprint density at radius 3 is 2.67 bits per heavy atom. The molecular weight excluding hydrogens is 260 g/mol. The van der Waals surface area contributed by atoms with Crippen LogP contribution in [0.1, 0.15) is 17.5 Å². The van der Waals surface area contributed by atoms with Crippen LogP contribution in [-0.4, -0.2) is 37.4 Å². The molecule has 0 aliphatic heterocycles. The highest BCUT2D eigenvalue weighted by molar-refractivity contribution is 7.89. The fourth-order valence-electron chi connectivity index (χ4n) is 1.25. The van der Waals surface area contributed by atoms with Crippen LogP contribution in [0.15, 0.2) is 21.6 Å². The van der Waals surface area contributed by atoms with Crippen LogP contribution in [0, 0.1) is 17.2 Å². The Kier molecular flexibility index (Phi) is 4.11. The van der Waals surface area contributed by atoms with Gasteiger partial charge in [0.05, 0.1) is 12.0 Å². The Morgan fingerprint density at radius 2 is 2.22 bits per heavy atom. The quantitative estimate of drug-likeness (QED) is 0.846. The molecule has 0 saturated heterocycles. The van der Waals surface area contributed by atoms with Crippen LogP contribution in [0.4, 0.5) is 0 Å². The van der Waals surface area contributed by atoms with Crippen LogP contribution in [0.25, 0.3) is 0 Å². The molecule has 1 aromatic rings. The number of nitriles is 1. The molecule has 1 atom stereocenters. The van der Waals surface area contributed by atoms with Gasteiger partial charge < -0.3 is 9.52 Å². The molecule has 0 aliphatic rings. The summed E-state index contributed by atoms with van der Waals surface area (Å²) in [5.74, 6) is -2.27. The molecule has 0 aliphatic carbocycles. The van der Waals surface area contributed by atoms with E-state index in [4.69, 9.17) is 14.8 Å². The Hall–Kier alpha value is -1.85. The standard InChI is InChI=1S/C10H12N2O5S/c1-7(5-11)6-12(2)18(15,16)9-4-3-8(17-9)10(13)14/h3-4,7H,6H2,1-2H3,(H,13,14). The molecule has 1 rings (SSSR count). The first kappa shape index (κ1) is 14.2. The Morgan fingerprint density at radius 1 is 1.61 bits per heavy atom. The molecule has 0 fully saturated rings. The lowest BCUT2D eigenvalue weighted by molar-refractivity contribution is 0.0656. The zero-order chi connectivity index (χ0) is 13.9. The van der Waals surface area contributed by atoms with Gasteiger partial charge in [0.15, 0.2) is 0 Å². The van der Waals surface area contributed by atoms with E-state index in [1.807, 2.05) is 6.07 Å². The number of aromatic carboxylic acids is 1. The van der Waals surface area contributed by atoms with E-state index >= 15 is 0 Å². The third-order valence-electron chi connectivity index (χ3n) is 2.21.